The fourth-order valence-electron chi connectivity index (χ4n) is 4.44. The summed E-state index contributed by atoms with van der Waals surface area (Å²) in [6.45, 7) is 5.96. The van der Waals surface area contributed by atoms with Crippen LogP contribution in [0.2, 0.25) is 0 Å². The molecule has 0 saturated carbocycles. The summed E-state index contributed by atoms with van der Waals surface area (Å²) in [6, 6.07) is 6.48. The Bertz CT molecular complexity index is 861. The quantitative estimate of drug-likeness (QED) is 0.618. The molecule has 7 nitrogen and oxygen atoms in total. The summed E-state index contributed by atoms with van der Waals surface area (Å²) in [7, 11) is -3.54. The number of sulfonamides is 1. The number of hydrogen-bond acceptors (Lipinski definition) is 4. The average molecular weight is 450 g/mol. The van der Waals surface area contributed by atoms with Crippen LogP contribution in [0.4, 0.5) is 0 Å². The van der Waals surface area contributed by atoms with Gasteiger partial charge in [0.1, 0.15) is 6.04 Å². The Balaban J connectivity index is 1.55. The van der Waals surface area contributed by atoms with Gasteiger partial charge in [-0.3, -0.25) is 9.59 Å². The molecule has 2 saturated heterocycles. The third-order valence-electron chi connectivity index (χ3n) is 6.38. The Morgan fingerprint density at radius 2 is 1.71 bits per heavy atom. The van der Waals surface area contributed by atoms with Crippen molar-refractivity contribution in [2.45, 2.75) is 69.7 Å². The molecule has 0 radical (unpaired) electrons. The minimum atomic E-state index is -3.54. The van der Waals surface area contributed by atoms with Crippen molar-refractivity contribution in [1.29, 1.82) is 0 Å². The van der Waals surface area contributed by atoms with E-state index in [0.29, 0.717) is 50.3 Å². The summed E-state index contributed by atoms with van der Waals surface area (Å²) in [5.74, 6) is -0.280. The molecule has 2 amide bonds. The first-order chi connectivity index (χ1) is 14.8. The summed E-state index contributed by atoms with van der Waals surface area (Å²) < 4.78 is 27.3. The lowest BCUT2D eigenvalue weighted by molar-refractivity contribution is -0.142. The molecule has 0 spiro atoms. The molecular formula is C23H35N3O4S. The van der Waals surface area contributed by atoms with Gasteiger partial charge in [0, 0.05) is 32.1 Å². The molecular weight excluding hydrogens is 414 g/mol. The van der Waals surface area contributed by atoms with Gasteiger partial charge < -0.3 is 10.2 Å². The van der Waals surface area contributed by atoms with E-state index in [4.69, 9.17) is 0 Å². The van der Waals surface area contributed by atoms with Gasteiger partial charge in [0.2, 0.25) is 21.8 Å². The van der Waals surface area contributed by atoms with Crippen molar-refractivity contribution >= 4 is 21.8 Å². The van der Waals surface area contributed by atoms with Crippen LogP contribution >= 0.6 is 0 Å². The van der Waals surface area contributed by atoms with Crippen LogP contribution in [-0.4, -0.2) is 61.7 Å². The molecule has 1 aromatic carbocycles. The molecule has 1 N–H and O–H groups in total. The van der Waals surface area contributed by atoms with Gasteiger partial charge in [-0.2, -0.15) is 4.31 Å². The molecule has 2 fully saturated rings. The number of aryl methyl sites for hydroxylation is 1. The lowest BCUT2D eigenvalue weighted by Crippen LogP contribution is -2.50. The molecule has 1 aromatic rings. The Kier molecular flexibility index (Phi) is 8.11. The van der Waals surface area contributed by atoms with Crippen molar-refractivity contribution in [3.05, 3.63) is 29.8 Å². The fourth-order valence-corrected chi connectivity index (χ4v) is 5.91. The van der Waals surface area contributed by atoms with Gasteiger partial charge in [-0.05, 0) is 51.2 Å². The third-order valence-corrected chi connectivity index (χ3v) is 8.29. The lowest BCUT2D eigenvalue weighted by atomic mass is 9.96. The molecule has 1 atom stereocenters. The zero-order chi connectivity index (χ0) is 22.4. The van der Waals surface area contributed by atoms with Crippen LogP contribution < -0.4 is 5.32 Å². The Morgan fingerprint density at radius 3 is 2.35 bits per heavy atom. The predicted molar refractivity (Wildman–Crippen MR) is 120 cm³/mol. The van der Waals surface area contributed by atoms with Gasteiger partial charge in [0.05, 0.1) is 4.90 Å². The summed E-state index contributed by atoms with van der Waals surface area (Å²) in [4.78, 5) is 27.7. The highest BCUT2D eigenvalue weighted by Crippen LogP contribution is 2.28. The lowest BCUT2D eigenvalue weighted by Gasteiger charge is -2.34. The summed E-state index contributed by atoms with van der Waals surface area (Å²) in [6.07, 6.45) is 5.65. The van der Waals surface area contributed by atoms with Crippen molar-refractivity contribution in [1.82, 2.24) is 14.5 Å². The SMILES string of the molecule is CCCCCNC(=O)C1CCCN1C(=O)C1CCN(S(=O)(=O)c2ccc(C)cc2)CC1. The highest BCUT2D eigenvalue weighted by molar-refractivity contribution is 7.89. The van der Waals surface area contributed by atoms with Crippen LogP contribution in [0.3, 0.4) is 0 Å². The Labute approximate surface area is 186 Å². The minimum absolute atomic E-state index is 0.00130. The van der Waals surface area contributed by atoms with Crippen LogP contribution in [0.5, 0.6) is 0 Å². The highest BCUT2D eigenvalue weighted by atomic mass is 32.2. The second-order valence-electron chi connectivity index (χ2n) is 8.68. The van der Waals surface area contributed by atoms with E-state index in [9.17, 15) is 18.0 Å². The highest BCUT2D eigenvalue weighted by Gasteiger charge is 2.39. The molecule has 1 unspecified atom stereocenters. The molecule has 8 heteroatoms. The minimum Gasteiger partial charge on any atom is -0.354 e. The van der Waals surface area contributed by atoms with E-state index in [1.165, 1.54) is 4.31 Å². The van der Waals surface area contributed by atoms with Gasteiger partial charge >= 0.3 is 0 Å². The van der Waals surface area contributed by atoms with Crippen molar-refractivity contribution in [3.63, 3.8) is 0 Å². The van der Waals surface area contributed by atoms with E-state index < -0.39 is 10.0 Å². The average Bonchev–Trinajstić information content (AvgIpc) is 3.26. The largest absolute Gasteiger partial charge is 0.354 e. The van der Waals surface area contributed by atoms with E-state index in [0.717, 1.165) is 31.2 Å². The maximum absolute atomic E-state index is 13.1. The maximum Gasteiger partial charge on any atom is 0.243 e. The van der Waals surface area contributed by atoms with E-state index >= 15 is 0 Å². The number of hydrogen-bond donors (Lipinski definition) is 1. The number of nitrogens with zero attached hydrogens (tertiary/aromatic N) is 2. The standard InChI is InChI=1S/C23H35N3O4S/c1-3-4-5-14-24-22(27)21-7-6-15-26(21)23(28)19-12-16-25(17-13-19)31(29,30)20-10-8-18(2)9-11-20/h8-11,19,21H,3-7,12-17H2,1-2H3,(H,24,27). The molecule has 31 heavy (non-hydrogen) atoms. The fraction of sp³-hybridized carbons (Fsp3) is 0.652. The number of carbonyl (C=O) groups is 2. The predicted octanol–water partition coefficient (Wildman–Crippen LogP) is 2.69. The molecule has 0 aliphatic carbocycles. The van der Waals surface area contributed by atoms with E-state index in [-0.39, 0.29) is 23.8 Å². The van der Waals surface area contributed by atoms with Gasteiger partial charge in [-0.15, -0.1) is 0 Å². The monoisotopic (exact) mass is 449 g/mol. The van der Waals surface area contributed by atoms with Crippen LogP contribution in [-0.2, 0) is 19.6 Å². The first kappa shape index (κ1) is 23.7. The zero-order valence-corrected chi connectivity index (χ0v) is 19.5. The van der Waals surface area contributed by atoms with Crippen LogP contribution in [0, 0.1) is 12.8 Å². The number of carbonyl (C=O) groups excluding carboxylic acids is 2. The van der Waals surface area contributed by atoms with E-state index in [2.05, 4.69) is 12.2 Å². The van der Waals surface area contributed by atoms with Crippen molar-refractivity contribution in [2.24, 2.45) is 5.92 Å². The van der Waals surface area contributed by atoms with E-state index in [1.54, 1.807) is 29.2 Å². The topological polar surface area (TPSA) is 86.8 Å². The molecule has 3 rings (SSSR count). The summed E-state index contributed by atoms with van der Waals surface area (Å²) >= 11 is 0. The molecule has 172 valence electrons. The smallest absolute Gasteiger partial charge is 0.243 e. The van der Waals surface area contributed by atoms with Gasteiger partial charge in [0.15, 0.2) is 0 Å². The Hall–Kier alpha value is -1.93. The second kappa shape index (κ2) is 10.6. The van der Waals surface area contributed by atoms with Crippen LogP contribution in [0.25, 0.3) is 0 Å². The number of benzene rings is 1. The summed E-state index contributed by atoms with van der Waals surface area (Å²) in [5, 5.41) is 2.98. The van der Waals surface area contributed by atoms with Gasteiger partial charge in [-0.25, -0.2) is 8.42 Å². The van der Waals surface area contributed by atoms with Crippen LogP contribution in [0.1, 0.15) is 57.4 Å². The number of piperidine rings is 1. The van der Waals surface area contributed by atoms with Crippen molar-refractivity contribution < 1.29 is 18.0 Å². The zero-order valence-electron chi connectivity index (χ0n) is 18.7. The summed E-state index contributed by atoms with van der Waals surface area (Å²) in [5.41, 5.74) is 1.01. The molecule has 0 bridgehead atoms. The number of likely N-dealkylation sites (tertiary alicyclic amines) is 1. The van der Waals surface area contributed by atoms with Crippen LogP contribution in [0.15, 0.2) is 29.2 Å². The van der Waals surface area contributed by atoms with Crippen molar-refractivity contribution in [3.8, 4) is 0 Å². The third kappa shape index (κ3) is 5.66. The second-order valence-corrected chi connectivity index (χ2v) is 10.6. The van der Waals surface area contributed by atoms with Crippen molar-refractivity contribution in [2.75, 3.05) is 26.2 Å². The molecule has 2 heterocycles. The normalized spacial score (nSPS) is 20.7. The Morgan fingerprint density at radius 1 is 1.03 bits per heavy atom. The molecule has 2 aliphatic heterocycles. The number of nitrogens with one attached hydrogen (secondary N) is 1. The van der Waals surface area contributed by atoms with Gasteiger partial charge in [0.25, 0.3) is 0 Å². The van der Waals surface area contributed by atoms with E-state index in [1.807, 2.05) is 6.92 Å². The first-order valence-corrected chi connectivity index (χ1v) is 12.9. The number of amides is 2. The first-order valence-electron chi connectivity index (χ1n) is 11.5. The van der Waals surface area contributed by atoms with Gasteiger partial charge in [-0.1, -0.05) is 37.5 Å². The number of rotatable bonds is 8. The maximum atomic E-state index is 13.1. The molecule has 2 aliphatic rings. The number of unbranched alkanes of at least 4 members (excludes halogenated alkanes) is 2. The molecule has 0 aromatic heterocycles.